The number of carbonyl (C=O) groups is 1. The predicted octanol–water partition coefficient (Wildman–Crippen LogP) is 4.06. The Morgan fingerprint density at radius 3 is 3.12 bits per heavy atom. The molecule has 2 aromatic heterocycles. The van der Waals surface area contributed by atoms with E-state index in [-0.39, 0.29) is 5.91 Å². The molecule has 0 bridgehead atoms. The second-order valence-corrected chi connectivity index (χ2v) is 6.21. The first-order valence-electron chi connectivity index (χ1n) is 7.79. The van der Waals surface area contributed by atoms with E-state index in [0.29, 0.717) is 6.54 Å². The van der Waals surface area contributed by atoms with E-state index in [1.165, 1.54) is 5.56 Å². The molecule has 0 unspecified atom stereocenters. The highest BCUT2D eigenvalue weighted by molar-refractivity contribution is 7.08. The van der Waals surface area contributed by atoms with Gasteiger partial charge in [0.2, 0.25) is 0 Å². The molecule has 0 aromatic carbocycles. The molecule has 24 heavy (non-hydrogen) atoms. The largest absolute Gasteiger partial charge is 0.358 e. The van der Waals surface area contributed by atoms with Crippen LogP contribution in [0.25, 0.3) is 11.6 Å². The lowest BCUT2D eigenvalue weighted by molar-refractivity contribution is 0.0946. The van der Waals surface area contributed by atoms with Crippen LogP contribution in [-0.4, -0.2) is 24.2 Å². The van der Waals surface area contributed by atoms with Crippen molar-refractivity contribution in [3.63, 3.8) is 0 Å². The molecule has 0 atom stereocenters. The number of aromatic amines is 1. The highest BCUT2D eigenvalue weighted by Gasteiger charge is 2.19. The maximum Gasteiger partial charge on any atom is 0.253 e. The van der Waals surface area contributed by atoms with Gasteiger partial charge in [-0.1, -0.05) is 18.2 Å². The summed E-state index contributed by atoms with van der Waals surface area (Å²) < 4.78 is 0. The van der Waals surface area contributed by atoms with Crippen LogP contribution in [0.3, 0.4) is 0 Å². The second-order valence-electron chi connectivity index (χ2n) is 5.43. The van der Waals surface area contributed by atoms with Crippen LogP contribution >= 0.6 is 11.3 Å². The van der Waals surface area contributed by atoms with E-state index in [1.807, 2.05) is 12.1 Å². The molecule has 1 aliphatic heterocycles. The molecule has 3 rings (SSSR count). The molecule has 0 spiro atoms. The van der Waals surface area contributed by atoms with E-state index in [1.54, 1.807) is 17.5 Å². The smallest absolute Gasteiger partial charge is 0.253 e. The van der Waals surface area contributed by atoms with Crippen molar-refractivity contribution in [2.45, 2.75) is 12.8 Å². The number of carbonyl (C=O) groups excluding carboxylic acids is 1. The number of aromatic nitrogens is 1. The Hall–Kier alpha value is -2.66. The van der Waals surface area contributed by atoms with Crippen LogP contribution in [0.15, 0.2) is 52.3 Å². The van der Waals surface area contributed by atoms with Crippen LogP contribution in [0.1, 0.15) is 33.7 Å². The fraction of sp³-hybridized carbons (Fsp3) is 0.158. The third-order valence-electron chi connectivity index (χ3n) is 3.80. The van der Waals surface area contributed by atoms with Gasteiger partial charge < -0.3 is 10.3 Å². The number of thiophene rings is 1. The number of allylic oxidation sites excluding steroid dienone is 4. The third-order valence-corrected chi connectivity index (χ3v) is 4.50. The number of fused-ring (bicyclic) bond motifs is 1. The minimum Gasteiger partial charge on any atom is -0.358 e. The van der Waals surface area contributed by atoms with Gasteiger partial charge in [0, 0.05) is 30.6 Å². The summed E-state index contributed by atoms with van der Waals surface area (Å²) in [5.41, 5.74) is 4.87. The van der Waals surface area contributed by atoms with Crippen molar-refractivity contribution in [2.24, 2.45) is 4.99 Å². The Morgan fingerprint density at radius 1 is 1.46 bits per heavy atom. The van der Waals surface area contributed by atoms with E-state index >= 15 is 0 Å². The van der Waals surface area contributed by atoms with E-state index in [0.717, 1.165) is 35.4 Å². The Labute approximate surface area is 145 Å². The molecule has 0 aliphatic carbocycles. The number of H-pyrrole nitrogens is 1. The van der Waals surface area contributed by atoms with E-state index in [2.05, 4.69) is 57.1 Å². The number of nitrogens with zero attached hydrogens (tertiary/aromatic N) is 1. The molecule has 0 radical (unpaired) electrons. The number of rotatable bonds is 6. The van der Waals surface area contributed by atoms with Crippen molar-refractivity contribution in [2.75, 3.05) is 6.54 Å². The molecular weight excluding hydrogens is 318 g/mol. The van der Waals surface area contributed by atoms with Crippen LogP contribution < -0.4 is 5.32 Å². The predicted molar refractivity (Wildman–Crippen MR) is 101 cm³/mol. The van der Waals surface area contributed by atoms with E-state index in [9.17, 15) is 4.79 Å². The molecule has 2 N–H and O–H groups in total. The van der Waals surface area contributed by atoms with Crippen LogP contribution in [-0.2, 0) is 6.42 Å². The topological polar surface area (TPSA) is 57.2 Å². The highest BCUT2D eigenvalue weighted by Crippen LogP contribution is 2.22. The number of nitrogens with one attached hydrogen (secondary N) is 2. The second kappa shape index (κ2) is 7.75. The molecule has 2 aromatic rings. The monoisotopic (exact) mass is 337 g/mol. The molecule has 122 valence electrons. The first-order valence-corrected chi connectivity index (χ1v) is 8.74. The molecular formula is C19H19N3OS. The first-order chi connectivity index (χ1) is 11.8. The Morgan fingerprint density at radius 2 is 2.38 bits per heavy atom. The summed E-state index contributed by atoms with van der Waals surface area (Å²) in [6.45, 7) is 4.16. The summed E-state index contributed by atoms with van der Waals surface area (Å²) in [6, 6.07) is 4.00. The number of aliphatic imine (C=N–C) groups is 1. The lowest BCUT2D eigenvalue weighted by Crippen LogP contribution is -2.31. The fourth-order valence-corrected chi connectivity index (χ4v) is 3.25. The number of hydrogen-bond donors (Lipinski definition) is 2. The maximum absolute atomic E-state index is 11.9. The minimum atomic E-state index is -0.0127. The summed E-state index contributed by atoms with van der Waals surface area (Å²) in [5, 5.41) is 7.04. The van der Waals surface area contributed by atoms with Crippen LogP contribution in [0, 0.1) is 0 Å². The lowest BCUT2D eigenvalue weighted by atomic mass is 10.1. The van der Waals surface area contributed by atoms with Crippen LogP contribution in [0.5, 0.6) is 0 Å². The maximum atomic E-state index is 11.9. The molecule has 3 heterocycles. The summed E-state index contributed by atoms with van der Waals surface area (Å²) in [7, 11) is 0. The summed E-state index contributed by atoms with van der Waals surface area (Å²) in [5.74, 6) is -0.0127. The zero-order valence-electron chi connectivity index (χ0n) is 13.3. The van der Waals surface area contributed by atoms with Crippen LogP contribution in [0.4, 0.5) is 0 Å². The van der Waals surface area contributed by atoms with Crippen molar-refractivity contribution >= 4 is 35.6 Å². The Kier molecular flexibility index (Phi) is 5.23. The number of amides is 1. The van der Waals surface area contributed by atoms with Crippen molar-refractivity contribution < 1.29 is 4.79 Å². The molecule has 1 amide bonds. The third kappa shape index (κ3) is 3.81. The zero-order chi connectivity index (χ0) is 16.8. The lowest BCUT2D eigenvalue weighted by Gasteiger charge is -2.10. The summed E-state index contributed by atoms with van der Waals surface area (Å²) in [4.78, 5) is 19.1. The van der Waals surface area contributed by atoms with Gasteiger partial charge >= 0.3 is 0 Å². The van der Waals surface area contributed by atoms with Gasteiger partial charge in [-0.3, -0.25) is 9.79 Å². The van der Waals surface area contributed by atoms with Gasteiger partial charge in [0.25, 0.3) is 5.91 Å². The summed E-state index contributed by atoms with van der Waals surface area (Å²) in [6.07, 6.45) is 11.5. The normalized spacial score (nSPS) is 15.0. The average molecular weight is 337 g/mol. The van der Waals surface area contributed by atoms with Crippen molar-refractivity contribution in [3.05, 3.63) is 69.8 Å². The zero-order valence-corrected chi connectivity index (χ0v) is 14.1. The number of hydrogen-bond acceptors (Lipinski definition) is 3. The highest BCUT2D eigenvalue weighted by atomic mass is 32.1. The van der Waals surface area contributed by atoms with Gasteiger partial charge in [-0.25, -0.2) is 0 Å². The van der Waals surface area contributed by atoms with E-state index < -0.39 is 0 Å². The van der Waals surface area contributed by atoms with Crippen molar-refractivity contribution in [3.8, 4) is 0 Å². The molecule has 1 aliphatic rings. The molecule has 0 saturated heterocycles. The average Bonchev–Trinajstić information content (AvgIpc) is 3.24. The van der Waals surface area contributed by atoms with Gasteiger partial charge in [-0.2, -0.15) is 11.3 Å². The van der Waals surface area contributed by atoms with Crippen LogP contribution in [0.2, 0.25) is 0 Å². The fourth-order valence-electron chi connectivity index (χ4n) is 2.62. The quantitative estimate of drug-likeness (QED) is 0.606. The Balaban J connectivity index is 1.81. The summed E-state index contributed by atoms with van der Waals surface area (Å²) >= 11 is 1.69. The standard InChI is InChI=1S/C19H19N3OS/c1-20-9-6-15(5-3-2-4-14-8-11-24-13-14)18-12-16-17(22-18)7-10-21-19(16)23/h2,4-6,8-9,11-13,22H,1,3,7,10H2,(H,21,23)/b4-2+,9-6-,15-5+. The van der Waals surface area contributed by atoms with Gasteiger partial charge in [-0.05, 0) is 53.2 Å². The van der Waals surface area contributed by atoms with Gasteiger partial charge in [0.1, 0.15) is 0 Å². The molecule has 5 heteroatoms. The van der Waals surface area contributed by atoms with Crippen molar-refractivity contribution in [1.29, 1.82) is 0 Å². The van der Waals surface area contributed by atoms with Gasteiger partial charge in [-0.15, -0.1) is 0 Å². The van der Waals surface area contributed by atoms with Gasteiger partial charge in [0.05, 0.1) is 5.56 Å². The van der Waals surface area contributed by atoms with Gasteiger partial charge in [0.15, 0.2) is 0 Å². The van der Waals surface area contributed by atoms with Crippen molar-refractivity contribution in [1.82, 2.24) is 10.3 Å². The first kappa shape index (κ1) is 16.2. The molecule has 4 nitrogen and oxygen atoms in total. The Bertz CT molecular complexity index is 810. The van der Waals surface area contributed by atoms with E-state index in [4.69, 9.17) is 0 Å². The minimum absolute atomic E-state index is 0.0127. The molecule has 0 saturated carbocycles. The SMILES string of the molecule is C=N/C=C\C(=C/C/C=C/c1ccsc1)c1cc2c([nH]1)CCNC2=O. The molecule has 0 fully saturated rings.